The van der Waals surface area contributed by atoms with Crippen LogP contribution in [0.5, 0.6) is 0 Å². The molecule has 0 saturated carbocycles. The maximum atomic E-state index is 13.2. The Morgan fingerprint density at radius 3 is 2.35 bits per heavy atom. The van der Waals surface area contributed by atoms with Crippen LogP contribution in [-0.2, 0) is 24.4 Å². The molecule has 0 spiro atoms. The first-order valence-electron chi connectivity index (χ1n) is 10.6. The third-order valence-corrected chi connectivity index (χ3v) is 5.89. The van der Waals surface area contributed by atoms with Crippen molar-refractivity contribution >= 4 is 34.5 Å². The number of hydrogen-bond donors (Lipinski definition) is 1. The third kappa shape index (κ3) is 5.10. The van der Waals surface area contributed by atoms with Crippen molar-refractivity contribution < 1.29 is 4.79 Å². The fourth-order valence-electron chi connectivity index (χ4n) is 3.41. The number of benzene rings is 1. The van der Waals surface area contributed by atoms with E-state index in [1.54, 1.807) is 34.8 Å². The number of rotatable bonds is 10. The van der Waals surface area contributed by atoms with Crippen molar-refractivity contribution in [3.63, 3.8) is 0 Å². The molecule has 0 saturated heterocycles. The first-order chi connectivity index (χ1) is 15.0. The number of fused-ring (bicyclic) bond motifs is 1. The summed E-state index contributed by atoms with van der Waals surface area (Å²) in [6, 6.07) is 7.41. The first kappa shape index (κ1) is 22.9. The number of carbonyl (C=O) groups excluding carboxylic acids is 1. The first-order valence-corrected chi connectivity index (χ1v) is 11.8. The number of carbonyl (C=O) groups is 1. The van der Waals surface area contributed by atoms with Crippen LogP contribution in [0.4, 0.5) is 5.69 Å². The number of unbranched alkanes of at least 4 members (excludes halogenated alkanes) is 2. The summed E-state index contributed by atoms with van der Waals surface area (Å²) >= 11 is 1.61. The number of nitrogens with zero attached hydrogens (tertiary/aromatic N) is 4. The van der Waals surface area contributed by atoms with Crippen molar-refractivity contribution in [2.24, 2.45) is 0 Å². The molecule has 9 heteroatoms. The summed E-state index contributed by atoms with van der Waals surface area (Å²) < 4.78 is 4.33. The lowest BCUT2D eigenvalue weighted by atomic mass is 10.3. The van der Waals surface area contributed by atoms with Crippen molar-refractivity contribution in [2.75, 3.05) is 11.6 Å². The van der Waals surface area contributed by atoms with Gasteiger partial charge in [0.2, 0.25) is 5.91 Å². The summed E-state index contributed by atoms with van der Waals surface area (Å²) in [5, 5.41) is 2.77. The van der Waals surface area contributed by atoms with E-state index in [0.29, 0.717) is 29.9 Å². The van der Waals surface area contributed by atoms with E-state index in [-0.39, 0.29) is 6.54 Å². The molecule has 0 aliphatic heterocycles. The molecule has 0 atom stereocenters. The molecule has 166 valence electrons. The second kappa shape index (κ2) is 10.5. The minimum atomic E-state index is -0.500. The van der Waals surface area contributed by atoms with Gasteiger partial charge in [-0.25, -0.2) is 14.3 Å². The van der Waals surface area contributed by atoms with Gasteiger partial charge in [-0.2, -0.15) is 0 Å². The summed E-state index contributed by atoms with van der Waals surface area (Å²) in [6.07, 6.45) is 7.14. The Morgan fingerprint density at radius 1 is 1.03 bits per heavy atom. The van der Waals surface area contributed by atoms with E-state index in [4.69, 9.17) is 0 Å². The predicted octanol–water partition coefficient (Wildman–Crippen LogP) is 3.32. The minimum Gasteiger partial charge on any atom is -0.325 e. The maximum absolute atomic E-state index is 13.2. The average Bonchev–Trinajstić information content (AvgIpc) is 3.19. The Morgan fingerprint density at radius 2 is 1.71 bits per heavy atom. The number of aryl methyl sites for hydroxylation is 2. The topological polar surface area (TPSA) is 90.9 Å². The molecule has 8 nitrogen and oxygen atoms in total. The van der Waals surface area contributed by atoms with Gasteiger partial charge in [-0.05, 0) is 43.4 Å². The molecule has 0 unspecified atom stereocenters. The van der Waals surface area contributed by atoms with Crippen molar-refractivity contribution in [1.82, 2.24) is 18.7 Å². The third-order valence-electron chi connectivity index (χ3n) is 5.15. The lowest BCUT2D eigenvalue weighted by Crippen LogP contribution is -2.43. The van der Waals surface area contributed by atoms with Gasteiger partial charge in [0.05, 0.1) is 6.33 Å². The number of hydrogen-bond acceptors (Lipinski definition) is 5. The molecule has 3 rings (SSSR count). The number of nitrogens with one attached hydrogen (secondary N) is 1. The van der Waals surface area contributed by atoms with E-state index in [1.807, 2.05) is 25.3 Å². The molecule has 2 heterocycles. The molecular weight excluding hydrogens is 414 g/mol. The molecule has 0 aliphatic carbocycles. The van der Waals surface area contributed by atoms with Crippen LogP contribution in [0.15, 0.2) is 45.1 Å². The SMILES string of the molecule is CCCCn1cnc2c1c(=O)n(CC(=O)Nc1ccc(SC)cc1)c(=O)n2CCCC. The Labute approximate surface area is 185 Å². The van der Waals surface area contributed by atoms with Crippen molar-refractivity contribution in [1.29, 1.82) is 0 Å². The Balaban J connectivity index is 1.98. The fraction of sp³-hybridized carbons (Fsp3) is 0.455. The smallest absolute Gasteiger partial charge is 0.325 e. The number of imidazole rings is 1. The Hall–Kier alpha value is -2.81. The highest BCUT2D eigenvalue weighted by atomic mass is 32.2. The molecule has 2 aromatic heterocycles. The summed E-state index contributed by atoms with van der Waals surface area (Å²) in [5.74, 6) is -0.419. The number of anilines is 1. The number of thioether (sulfide) groups is 1. The molecule has 0 bridgehead atoms. The standard InChI is InChI=1S/C22H29N5O3S/c1-4-6-12-25-15-23-20-19(25)21(29)27(22(30)26(20)13-7-5-2)14-18(28)24-16-8-10-17(31-3)11-9-16/h8-11,15H,4-7,12-14H2,1-3H3,(H,24,28). The largest absolute Gasteiger partial charge is 0.333 e. The molecule has 1 amide bonds. The summed E-state index contributed by atoms with van der Waals surface area (Å²) in [6.45, 7) is 4.86. The van der Waals surface area contributed by atoms with Crippen LogP contribution < -0.4 is 16.6 Å². The van der Waals surface area contributed by atoms with Crippen molar-refractivity contribution in [3.05, 3.63) is 51.4 Å². The molecule has 31 heavy (non-hydrogen) atoms. The van der Waals surface area contributed by atoms with Gasteiger partial charge < -0.3 is 9.88 Å². The lowest BCUT2D eigenvalue weighted by molar-refractivity contribution is -0.116. The molecule has 0 fully saturated rings. The highest BCUT2D eigenvalue weighted by Gasteiger charge is 2.19. The molecule has 1 aromatic carbocycles. The fourth-order valence-corrected chi connectivity index (χ4v) is 3.82. The molecule has 0 aliphatic rings. The van der Waals surface area contributed by atoms with Crippen molar-refractivity contribution in [2.45, 2.75) is 64.1 Å². The van der Waals surface area contributed by atoms with Gasteiger partial charge in [0, 0.05) is 23.7 Å². The van der Waals surface area contributed by atoms with Crippen molar-refractivity contribution in [3.8, 4) is 0 Å². The summed E-state index contributed by atoms with van der Waals surface area (Å²) in [7, 11) is 0. The van der Waals surface area contributed by atoms with Gasteiger partial charge >= 0.3 is 5.69 Å². The maximum Gasteiger partial charge on any atom is 0.333 e. The van der Waals surface area contributed by atoms with Crippen LogP contribution >= 0.6 is 11.8 Å². The van der Waals surface area contributed by atoms with Crippen LogP contribution in [0.2, 0.25) is 0 Å². The van der Waals surface area contributed by atoms with E-state index in [9.17, 15) is 14.4 Å². The summed E-state index contributed by atoms with van der Waals surface area (Å²) in [4.78, 5) is 44.4. The van der Waals surface area contributed by atoms with E-state index >= 15 is 0 Å². The quantitative estimate of drug-likeness (QED) is 0.486. The van der Waals surface area contributed by atoms with E-state index in [2.05, 4.69) is 17.2 Å². The minimum absolute atomic E-state index is 0.344. The number of aromatic nitrogens is 4. The monoisotopic (exact) mass is 443 g/mol. The molecule has 1 N–H and O–H groups in total. The molecular formula is C22H29N5O3S. The average molecular weight is 444 g/mol. The molecule has 3 aromatic rings. The van der Waals surface area contributed by atoms with Crippen LogP contribution in [0, 0.1) is 0 Å². The zero-order chi connectivity index (χ0) is 22.4. The zero-order valence-electron chi connectivity index (χ0n) is 18.3. The second-order valence-corrected chi connectivity index (χ2v) is 8.30. The lowest BCUT2D eigenvalue weighted by Gasteiger charge is -2.12. The van der Waals surface area contributed by atoms with E-state index in [0.717, 1.165) is 35.1 Å². The van der Waals surface area contributed by atoms with Crippen LogP contribution in [0.3, 0.4) is 0 Å². The van der Waals surface area contributed by atoms with Crippen LogP contribution in [0.1, 0.15) is 39.5 Å². The van der Waals surface area contributed by atoms with E-state index in [1.165, 1.54) is 4.57 Å². The Kier molecular flexibility index (Phi) is 7.73. The van der Waals surface area contributed by atoms with Crippen LogP contribution in [-0.4, -0.2) is 30.8 Å². The Bertz CT molecular complexity index is 1160. The van der Waals surface area contributed by atoms with Gasteiger partial charge in [-0.3, -0.25) is 14.2 Å². The second-order valence-electron chi connectivity index (χ2n) is 7.42. The van der Waals surface area contributed by atoms with Gasteiger partial charge in [0.25, 0.3) is 5.56 Å². The normalized spacial score (nSPS) is 11.2. The van der Waals surface area contributed by atoms with Gasteiger partial charge in [-0.15, -0.1) is 11.8 Å². The van der Waals surface area contributed by atoms with E-state index < -0.39 is 17.2 Å². The highest BCUT2D eigenvalue weighted by Crippen LogP contribution is 2.17. The molecule has 0 radical (unpaired) electrons. The predicted molar refractivity (Wildman–Crippen MR) is 125 cm³/mol. The highest BCUT2D eigenvalue weighted by molar-refractivity contribution is 7.98. The number of amides is 1. The van der Waals surface area contributed by atoms with Crippen LogP contribution in [0.25, 0.3) is 11.2 Å². The summed E-state index contributed by atoms with van der Waals surface area (Å²) in [5.41, 5.74) is 0.412. The van der Waals surface area contributed by atoms with Gasteiger partial charge in [0.1, 0.15) is 6.54 Å². The zero-order valence-corrected chi connectivity index (χ0v) is 19.1. The van der Waals surface area contributed by atoms with Gasteiger partial charge in [0.15, 0.2) is 11.2 Å². The van der Waals surface area contributed by atoms with Gasteiger partial charge in [-0.1, -0.05) is 26.7 Å².